The topological polar surface area (TPSA) is 84.2 Å². The fourth-order valence-electron chi connectivity index (χ4n) is 2.96. The molecule has 120 valence electrons. The van der Waals surface area contributed by atoms with Gasteiger partial charge in [-0.05, 0) is 30.9 Å². The fourth-order valence-corrected chi connectivity index (χ4v) is 2.96. The third-order valence-electron chi connectivity index (χ3n) is 4.21. The van der Waals surface area contributed by atoms with Gasteiger partial charge < -0.3 is 16.4 Å². The highest BCUT2D eigenvalue weighted by atomic mass is 16.2. The van der Waals surface area contributed by atoms with Crippen LogP contribution in [0.3, 0.4) is 0 Å². The van der Waals surface area contributed by atoms with Gasteiger partial charge in [-0.2, -0.15) is 0 Å². The van der Waals surface area contributed by atoms with Gasteiger partial charge in [-0.1, -0.05) is 43.2 Å². The average Bonchev–Trinajstić information content (AvgIpc) is 2.54. The molecule has 0 radical (unpaired) electrons. The van der Waals surface area contributed by atoms with E-state index < -0.39 is 0 Å². The van der Waals surface area contributed by atoms with Gasteiger partial charge in [0.05, 0.1) is 13.0 Å². The number of hydrogen-bond acceptors (Lipinski definition) is 3. The molecule has 0 saturated heterocycles. The molecule has 5 nitrogen and oxygen atoms in total. The molecule has 2 unspecified atom stereocenters. The van der Waals surface area contributed by atoms with Crippen LogP contribution >= 0.6 is 0 Å². The van der Waals surface area contributed by atoms with Crippen molar-refractivity contribution in [3.05, 3.63) is 35.9 Å². The van der Waals surface area contributed by atoms with E-state index in [1.165, 1.54) is 6.42 Å². The number of nitrogens with two attached hydrogens (primary N) is 1. The van der Waals surface area contributed by atoms with Crippen LogP contribution in [-0.2, 0) is 16.0 Å². The molecule has 1 fully saturated rings. The minimum atomic E-state index is -0.139. The third-order valence-corrected chi connectivity index (χ3v) is 4.21. The van der Waals surface area contributed by atoms with Gasteiger partial charge in [-0.15, -0.1) is 0 Å². The molecule has 1 saturated carbocycles. The van der Waals surface area contributed by atoms with Crippen LogP contribution in [0.15, 0.2) is 30.3 Å². The minimum Gasteiger partial charge on any atom is -0.352 e. The molecule has 2 atom stereocenters. The number of rotatable bonds is 6. The van der Waals surface area contributed by atoms with Crippen molar-refractivity contribution in [3.8, 4) is 0 Å². The Balaban J connectivity index is 1.71. The molecule has 0 bridgehead atoms. The molecular formula is C17H25N3O2. The summed E-state index contributed by atoms with van der Waals surface area (Å²) in [5, 5.41) is 5.68. The Hall–Kier alpha value is -1.88. The van der Waals surface area contributed by atoms with Gasteiger partial charge in [0.25, 0.3) is 0 Å². The molecule has 1 aromatic carbocycles. The van der Waals surface area contributed by atoms with Gasteiger partial charge in [-0.25, -0.2) is 0 Å². The van der Waals surface area contributed by atoms with Gasteiger partial charge in [0.2, 0.25) is 11.8 Å². The number of nitrogens with one attached hydrogen (secondary N) is 2. The Kier molecular flexibility index (Phi) is 6.40. The second-order valence-electron chi connectivity index (χ2n) is 5.89. The highest BCUT2D eigenvalue weighted by Gasteiger charge is 2.25. The largest absolute Gasteiger partial charge is 0.352 e. The van der Waals surface area contributed by atoms with Gasteiger partial charge in [-0.3, -0.25) is 9.59 Å². The summed E-state index contributed by atoms with van der Waals surface area (Å²) in [6.07, 6.45) is 4.65. The quantitative estimate of drug-likeness (QED) is 0.732. The summed E-state index contributed by atoms with van der Waals surface area (Å²) in [5.41, 5.74) is 6.70. The first-order valence-corrected chi connectivity index (χ1v) is 7.99. The summed E-state index contributed by atoms with van der Waals surface area (Å²) in [7, 11) is 0. The third kappa shape index (κ3) is 5.15. The molecule has 0 heterocycles. The summed E-state index contributed by atoms with van der Waals surface area (Å²) >= 11 is 0. The minimum absolute atomic E-state index is 0.0272. The Bertz CT molecular complexity index is 490. The maximum Gasteiger partial charge on any atom is 0.239 e. The van der Waals surface area contributed by atoms with Crippen LogP contribution in [-0.4, -0.2) is 30.9 Å². The molecule has 1 aliphatic carbocycles. The van der Waals surface area contributed by atoms with Crippen LogP contribution in [0.25, 0.3) is 0 Å². The van der Waals surface area contributed by atoms with E-state index >= 15 is 0 Å². The Labute approximate surface area is 131 Å². The van der Waals surface area contributed by atoms with Crippen molar-refractivity contribution in [2.45, 2.75) is 38.1 Å². The highest BCUT2D eigenvalue weighted by molar-refractivity contribution is 5.85. The monoisotopic (exact) mass is 303 g/mol. The van der Waals surface area contributed by atoms with Crippen molar-refractivity contribution in [2.24, 2.45) is 11.7 Å². The lowest BCUT2D eigenvalue weighted by Crippen LogP contribution is -2.48. The molecule has 5 heteroatoms. The van der Waals surface area contributed by atoms with E-state index in [2.05, 4.69) is 10.6 Å². The van der Waals surface area contributed by atoms with Gasteiger partial charge >= 0.3 is 0 Å². The molecular weight excluding hydrogens is 278 g/mol. The van der Waals surface area contributed by atoms with Crippen molar-refractivity contribution >= 4 is 11.8 Å². The van der Waals surface area contributed by atoms with Crippen molar-refractivity contribution in [1.82, 2.24) is 10.6 Å². The second kappa shape index (κ2) is 8.54. The molecule has 2 amide bonds. The SMILES string of the molecule is NCC1CCCCC1NC(=O)CNC(=O)Cc1ccccc1. The van der Waals surface area contributed by atoms with Crippen LogP contribution in [0.4, 0.5) is 0 Å². The lowest BCUT2D eigenvalue weighted by atomic mass is 9.84. The molecule has 1 aliphatic rings. The van der Waals surface area contributed by atoms with Crippen LogP contribution in [0, 0.1) is 5.92 Å². The predicted octanol–water partition coefficient (Wildman–Crippen LogP) is 0.979. The van der Waals surface area contributed by atoms with Crippen molar-refractivity contribution < 1.29 is 9.59 Å². The van der Waals surface area contributed by atoms with Crippen LogP contribution < -0.4 is 16.4 Å². The zero-order valence-electron chi connectivity index (χ0n) is 12.9. The van der Waals surface area contributed by atoms with E-state index in [-0.39, 0.29) is 24.4 Å². The maximum atomic E-state index is 12.0. The molecule has 22 heavy (non-hydrogen) atoms. The van der Waals surface area contributed by atoms with E-state index in [1.54, 1.807) is 0 Å². The van der Waals surface area contributed by atoms with Gasteiger partial charge in [0.1, 0.15) is 0 Å². The Morgan fingerprint density at radius 1 is 1.09 bits per heavy atom. The second-order valence-corrected chi connectivity index (χ2v) is 5.89. The van der Waals surface area contributed by atoms with E-state index in [9.17, 15) is 9.59 Å². The number of carbonyl (C=O) groups excluding carboxylic acids is 2. The highest BCUT2D eigenvalue weighted by Crippen LogP contribution is 2.23. The van der Waals surface area contributed by atoms with Crippen LogP contribution in [0.1, 0.15) is 31.2 Å². The van der Waals surface area contributed by atoms with Crippen LogP contribution in [0.2, 0.25) is 0 Å². The number of hydrogen-bond donors (Lipinski definition) is 3. The Morgan fingerprint density at radius 2 is 1.82 bits per heavy atom. The smallest absolute Gasteiger partial charge is 0.239 e. The summed E-state index contributed by atoms with van der Waals surface area (Å²) < 4.78 is 0. The first kappa shape index (κ1) is 16.5. The zero-order chi connectivity index (χ0) is 15.8. The van der Waals surface area contributed by atoms with Gasteiger partial charge in [0, 0.05) is 6.04 Å². The van der Waals surface area contributed by atoms with Crippen molar-refractivity contribution in [1.29, 1.82) is 0 Å². The van der Waals surface area contributed by atoms with E-state index in [1.807, 2.05) is 30.3 Å². The summed E-state index contributed by atoms with van der Waals surface area (Å²) in [5.74, 6) is 0.0878. The lowest BCUT2D eigenvalue weighted by molar-refractivity contribution is -0.126. The van der Waals surface area contributed by atoms with Crippen LogP contribution in [0.5, 0.6) is 0 Å². The molecule has 0 aliphatic heterocycles. The molecule has 0 aromatic heterocycles. The Morgan fingerprint density at radius 3 is 2.55 bits per heavy atom. The number of benzene rings is 1. The van der Waals surface area contributed by atoms with E-state index in [0.717, 1.165) is 24.8 Å². The number of amides is 2. The molecule has 4 N–H and O–H groups in total. The standard InChI is InChI=1S/C17H25N3O2/c18-11-14-8-4-5-9-15(14)20-17(22)12-19-16(21)10-13-6-2-1-3-7-13/h1-3,6-7,14-15H,4-5,8-12,18H2,(H,19,21)(H,20,22). The number of carbonyl (C=O) groups is 2. The summed E-state index contributed by atoms with van der Waals surface area (Å²) in [6, 6.07) is 9.64. The fraction of sp³-hybridized carbons (Fsp3) is 0.529. The first-order valence-electron chi connectivity index (χ1n) is 7.99. The lowest BCUT2D eigenvalue weighted by Gasteiger charge is -2.31. The summed E-state index contributed by atoms with van der Waals surface area (Å²) in [6.45, 7) is 0.630. The summed E-state index contributed by atoms with van der Waals surface area (Å²) in [4.78, 5) is 23.8. The average molecular weight is 303 g/mol. The van der Waals surface area contributed by atoms with Gasteiger partial charge in [0.15, 0.2) is 0 Å². The molecule has 2 rings (SSSR count). The maximum absolute atomic E-state index is 12.0. The molecule has 1 aromatic rings. The normalized spacial score (nSPS) is 21.1. The van der Waals surface area contributed by atoms with E-state index in [0.29, 0.717) is 18.9 Å². The zero-order valence-corrected chi connectivity index (χ0v) is 12.9. The van der Waals surface area contributed by atoms with Crippen molar-refractivity contribution in [3.63, 3.8) is 0 Å². The first-order chi connectivity index (χ1) is 10.7. The van der Waals surface area contributed by atoms with E-state index in [4.69, 9.17) is 5.73 Å². The molecule has 0 spiro atoms. The van der Waals surface area contributed by atoms with Crippen molar-refractivity contribution in [2.75, 3.05) is 13.1 Å². The predicted molar refractivity (Wildman–Crippen MR) is 86.1 cm³/mol.